The number of benzene rings is 1. The van der Waals surface area contributed by atoms with E-state index in [1.165, 1.54) is 0 Å². The number of carbonyl (C=O) groups excluding carboxylic acids is 1. The van der Waals surface area contributed by atoms with E-state index in [-0.39, 0.29) is 23.0 Å². The van der Waals surface area contributed by atoms with E-state index in [9.17, 15) is 9.90 Å². The van der Waals surface area contributed by atoms with Gasteiger partial charge in [0.15, 0.2) is 0 Å². The van der Waals surface area contributed by atoms with Crippen LogP contribution in [0.3, 0.4) is 0 Å². The molecule has 4 nitrogen and oxygen atoms in total. The first-order valence-corrected chi connectivity index (χ1v) is 9.95. The summed E-state index contributed by atoms with van der Waals surface area (Å²) >= 11 is 5.76. The third kappa shape index (κ3) is 6.15. The first kappa shape index (κ1) is 18.8. The van der Waals surface area contributed by atoms with Crippen molar-refractivity contribution in [3.63, 3.8) is 0 Å². The highest BCUT2D eigenvalue weighted by atomic mass is 35.5. The molecule has 3 atom stereocenters. The van der Waals surface area contributed by atoms with Gasteiger partial charge < -0.3 is 15.2 Å². The Morgan fingerprint density at radius 3 is 2.75 bits per heavy atom. The summed E-state index contributed by atoms with van der Waals surface area (Å²) in [6, 6.07) is 8.95. The number of hydrogen-bond donors (Lipinski definition) is 2. The van der Waals surface area contributed by atoms with Crippen LogP contribution in [0, 0.1) is 0 Å². The molecule has 0 saturated heterocycles. The van der Waals surface area contributed by atoms with Crippen LogP contribution in [-0.2, 0) is 11.3 Å². The highest BCUT2D eigenvalue weighted by molar-refractivity contribution is 8.17. The minimum absolute atomic E-state index is 0.0441. The lowest BCUT2D eigenvalue weighted by Crippen LogP contribution is -2.44. The first-order valence-electron chi connectivity index (χ1n) is 7.65. The number of alkyl halides is 1. The second-order valence-corrected chi connectivity index (χ2v) is 7.59. The molecule has 0 spiro atoms. The van der Waals surface area contributed by atoms with Gasteiger partial charge in [-0.1, -0.05) is 42.5 Å². The average molecular weight is 368 g/mol. The summed E-state index contributed by atoms with van der Waals surface area (Å²) in [5, 5.41) is 17.0. The van der Waals surface area contributed by atoms with Crippen molar-refractivity contribution in [3.8, 4) is 0 Å². The molecule has 0 aliphatic carbocycles. The SMILES string of the molecule is CS1=CC=C(CC(NC(=O)OCc2ccccc2)C(O)CCl)C=C1. The molecule has 1 heterocycles. The van der Waals surface area contributed by atoms with Crippen LogP contribution in [0.25, 0.3) is 0 Å². The lowest BCUT2D eigenvalue weighted by atomic mass is 10.0. The molecule has 24 heavy (non-hydrogen) atoms. The summed E-state index contributed by atoms with van der Waals surface area (Å²) in [5.41, 5.74) is 1.95. The van der Waals surface area contributed by atoms with Crippen LogP contribution in [-0.4, -0.2) is 40.8 Å². The van der Waals surface area contributed by atoms with Crippen LogP contribution >= 0.6 is 22.1 Å². The number of aliphatic hydroxyl groups excluding tert-OH is 1. The molecule has 1 aromatic rings. The van der Waals surface area contributed by atoms with Crippen molar-refractivity contribution in [3.05, 3.63) is 59.0 Å². The van der Waals surface area contributed by atoms with Crippen molar-refractivity contribution in [2.45, 2.75) is 25.2 Å². The van der Waals surface area contributed by atoms with Gasteiger partial charge in [-0.15, -0.1) is 11.6 Å². The number of alkyl carbamates (subject to hydrolysis) is 1. The lowest BCUT2D eigenvalue weighted by Gasteiger charge is -2.23. The van der Waals surface area contributed by atoms with Crippen molar-refractivity contribution in [2.24, 2.45) is 0 Å². The van der Waals surface area contributed by atoms with Gasteiger partial charge in [-0.05, 0) is 34.6 Å². The summed E-state index contributed by atoms with van der Waals surface area (Å²) in [6.07, 6.45) is 5.26. The fraction of sp³-hybridized carbons (Fsp3) is 0.333. The minimum Gasteiger partial charge on any atom is -0.445 e. The van der Waals surface area contributed by atoms with E-state index >= 15 is 0 Å². The van der Waals surface area contributed by atoms with Crippen LogP contribution in [0.1, 0.15) is 12.0 Å². The molecule has 6 heteroatoms. The molecular formula is C18H22ClNO3S. The summed E-state index contributed by atoms with van der Waals surface area (Å²) < 4.78 is 5.21. The number of nitrogens with one attached hydrogen (secondary N) is 1. The van der Waals surface area contributed by atoms with Crippen molar-refractivity contribution in [1.82, 2.24) is 5.32 Å². The predicted molar refractivity (Wildman–Crippen MR) is 102 cm³/mol. The maximum Gasteiger partial charge on any atom is 0.407 e. The second kappa shape index (κ2) is 9.67. The topological polar surface area (TPSA) is 58.6 Å². The maximum absolute atomic E-state index is 12.0. The van der Waals surface area contributed by atoms with Crippen LogP contribution < -0.4 is 5.32 Å². The second-order valence-electron chi connectivity index (χ2n) is 5.53. The zero-order valence-electron chi connectivity index (χ0n) is 13.5. The molecule has 1 amide bonds. The van der Waals surface area contributed by atoms with E-state index < -0.39 is 18.2 Å². The van der Waals surface area contributed by atoms with Crippen molar-refractivity contribution < 1.29 is 14.6 Å². The molecule has 0 bridgehead atoms. The van der Waals surface area contributed by atoms with Gasteiger partial charge in [0.1, 0.15) is 6.61 Å². The third-order valence-electron chi connectivity index (χ3n) is 3.59. The fourth-order valence-corrected chi connectivity index (χ4v) is 3.27. The van der Waals surface area contributed by atoms with Gasteiger partial charge in [-0.2, -0.15) is 10.5 Å². The summed E-state index contributed by atoms with van der Waals surface area (Å²) in [7, 11) is 0.144. The summed E-state index contributed by atoms with van der Waals surface area (Å²) in [4.78, 5) is 12.0. The van der Waals surface area contributed by atoms with Gasteiger partial charge in [-0.25, -0.2) is 4.79 Å². The predicted octanol–water partition coefficient (Wildman–Crippen LogP) is 3.43. The Morgan fingerprint density at radius 1 is 1.38 bits per heavy atom. The number of halogens is 1. The highest BCUT2D eigenvalue weighted by Gasteiger charge is 2.22. The largest absolute Gasteiger partial charge is 0.445 e. The number of rotatable bonds is 7. The number of aliphatic hydroxyl groups is 1. The Kier molecular flexibility index (Phi) is 7.56. The Balaban J connectivity index is 1.91. The molecule has 2 rings (SSSR count). The molecule has 0 aromatic heterocycles. The standard InChI is InChI=1S/C18H22ClNO3S/c1-24-9-7-14(8-10-24)11-16(17(21)12-19)20-18(22)23-13-15-5-3-2-4-6-15/h2-10,16-17,21H,11-13H2,1H3,(H,20,22). The van der Waals surface area contributed by atoms with Gasteiger partial charge >= 0.3 is 6.09 Å². The number of allylic oxidation sites excluding steroid dienone is 2. The van der Waals surface area contributed by atoms with Crippen LogP contribution in [0.5, 0.6) is 0 Å². The van der Waals surface area contributed by atoms with Crippen molar-refractivity contribution in [2.75, 3.05) is 12.1 Å². The van der Waals surface area contributed by atoms with Gasteiger partial charge in [0.2, 0.25) is 0 Å². The van der Waals surface area contributed by atoms with Crippen LogP contribution in [0.4, 0.5) is 4.79 Å². The summed E-state index contributed by atoms with van der Waals surface area (Å²) in [6.45, 7) is 0.186. The zero-order valence-corrected chi connectivity index (χ0v) is 15.1. The monoisotopic (exact) mass is 367 g/mol. The normalized spacial score (nSPS) is 19.0. The number of amides is 1. The number of carbonyl (C=O) groups is 1. The smallest absolute Gasteiger partial charge is 0.407 e. The number of hydrogen-bond acceptors (Lipinski definition) is 3. The summed E-state index contributed by atoms with van der Waals surface area (Å²) in [5.74, 6) is 0.0441. The Bertz CT molecular complexity index is 643. The maximum atomic E-state index is 12.0. The van der Waals surface area contributed by atoms with E-state index in [0.717, 1.165) is 11.1 Å². The third-order valence-corrected chi connectivity index (χ3v) is 5.03. The Labute approximate surface area is 150 Å². The van der Waals surface area contributed by atoms with E-state index in [1.54, 1.807) is 0 Å². The first-order chi connectivity index (χ1) is 11.6. The molecule has 2 N–H and O–H groups in total. The lowest BCUT2D eigenvalue weighted by molar-refractivity contribution is 0.111. The van der Waals surface area contributed by atoms with Gasteiger partial charge in [-0.3, -0.25) is 0 Å². The van der Waals surface area contributed by atoms with E-state index in [1.807, 2.05) is 42.5 Å². The molecular weight excluding hydrogens is 346 g/mol. The Hall–Kier alpha value is -1.56. The molecule has 3 unspecified atom stereocenters. The van der Waals surface area contributed by atoms with Crippen molar-refractivity contribution >= 4 is 33.5 Å². The molecule has 0 fully saturated rings. The van der Waals surface area contributed by atoms with Gasteiger partial charge in [0.05, 0.1) is 18.0 Å². The van der Waals surface area contributed by atoms with E-state index in [0.29, 0.717) is 6.42 Å². The number of ether oxygens (including phenoxy) is 1. The molecule has 0 radical (unpaired) electrons. The minimum atomic E-state index is -0.841. The van der Waals surface area contributed by atoms with Crippen LogP contribution in [0.15, 0.2) is 53.5 Å². The molecule has 0 saturated carbocycles. The Morgan fingerprint density at radius 2 is 2.12 bits per heavy atom. The zero-order chi connectivity index (χ0) is 17.4. The fourth-order valence-electron chi connectivity index (χ4n) is 2.19. The molecule has 1 aliphatic rings. The molecule has 1 aliphatic heterocycles. The quantitative estimate of drug-likeness (QED) is 0.573. The molecule has 1 aromatic carbocycles. The van der Waals surface area contributed by atoms with Gasteiger partial charge in [0.25, 0.3) is 0 Å². The van der Waals surface area contributed by atoms with Crippen LogP contribution in [0.2, 0.25) is 0 Å². The van der Waals surface area contributed by atoms with Gasteiger partial charge in [0, 0.05) is 0 Å². The highest BCUT2D eigenvalue weighted by Crippen LogP contribution is 2.19. The van der Waals surface area contributed by atoms with Crippen molar-refractivity contribution in [1.29, 1.82) is 0 Å². The van der Waals surface area contributed by atoms with E-state index in [2.05, 4.69) is 22.3 Å². The molecule has 130 valence electrons. The van der Waals surface area contributed by atoms with E-state index in [4.69, 9.17) is 16.3 Å². The average Bonchev–Trinajstić information content (AvgIpc) is 2.61.